The Hall–Kier alpha value is -1.15. The quantitative estimate of drug-likeness (QED) is 0.701. The molecule has 1 aromatic carbocycles. The topological polar surface area (TPSA) is 12.9 Å². The summed E-state index contributed by atoms with van der Waals surface area (Å²) >= 11 is 3.36. The van der Waals surface area contributed by atoms with Gasteiger partial charge in [-0.3, -0.25) is 0 Å². The third-order valence-corrected chi connectivity index (χ3v) is 2.43. The van der Waals surface area contributed by atoms with Crippen LogP contribution in [0.2, 0.25) is 0 Å². The van der Waals surface area contributed by atoms with E-state index in [2.05, 4.69) is 40.0 Å². The van der Waals surface area contributed by atoms with Crippen molar-refractivity contribution in [1.29, 1.82) is 0 Å². The average Bonchev–Trinajstić information content (AvgIpc) is 2.18. The molecule has 0 saturated heterocycles. The fourth-order valence-electron chi connectivity index (χ4n) is 1.34. The maximum atomic E-state index is 4.09. The number of benzene rings is 1. The molecule has 0 atom stereocenters. The molecule has 0 aliphatic carbocycles. The van der Waals surface area contributed by atoms with Gasteiger partial charge in [-0.2, -0.15) is 0 Å². The largest absolute Gasteiger partial charge is 0.249 e. The Kier molecular flexibility index (Phi) is 2.64. The summed E-state index contributed by atoms with van der Waals surface area (Å²) < 4.78 is 0.858. The van der Waals surface area contributed by atoms with Crippen LogP contribution in [-0.2, 0) is 0 Å². The number of rotatable bonds is 1. The second-order valence-electron chi connectivity index (χ2n) is 3.17. The molecule has 69 valence electrons. The maximum absolute atomic E-state index is 4.09. The standard InChI is InChI=1S/C12H9BrN/c1-9-3-2-4-10(7-9)11-5-6-14-12(13)8-11/h3-8H,1H3. The summed E-state index contributed by atoms with van der Waals surface area (Å²) in [5.74, 6) is 0. The Morgan fingerprint density at radius 2 is 2.07 bits per heavy atom. The Labute approximate surface area is 91.9 Å². The highest BCUT2D eigenvalue weighted by molar-refractivity contribution is 9.10. The van der Waals surface area contributed by atoms with Gasteiger partial charge in [0.1, 0.15) is 4.60 Å². The van der Waals surface area contributed by atoms with Crippen LogP contribution in [-0.4, -0.2) is 4.98 Å². The van der Waals surface area contributed by atoms with E-state index in [0.717, 1.165) is 10.2 Å². The minimum absolute atomic E-state index is 0.858. The van der Waals surface area contributed by atoms with Crippen molar-refractivity contribution in [1.82, 2.24) is 4.98 Å². The van der Waals surface area contributed by atoms with Crippen molar-refractivity contribution in [3.05, 3.63) is 52.8 Å². The van der Waals surface area contributed by atoms with Gasteiger partial charge in [0.2, 0.25) is 0 Å². The number of aromatic nitrogens is 1. The monoisotopic (exact) mass is 246 g/mol. The summed E-state index contributed by atoms with van der Waals surface area (Å²) in [4.78, 5) is 4.09. The van der Waals surface area contributed by atoms with Gasteiger partial charge in [0.15, 0.2) is 0 Å². The highest BCUT2D eigenvalue weighted by Crippen LogP contribution is 2.21. The Bertz CT molecular complexity index is 408. The van der Waals surface area contributed by atoms with Crippen LogP contribution in [0.5, 0.6) is 0 Å². The van der Waals surface area contributed by atoms with Gasteiger partial charge in [-0.25, -0.2) is 4.98 Å². The van der Waals surface area contributed by atoms with Gasteiger partial charge < -0.3 is 0 Å². The van der Waals surface area contributed by atoms with Gasteiger partial charge in [-0.05, 0) is 63.8 Å². The van der Waals surface area contributed by atoms with Crippen LogP contribution in [0.25, 0.3) is 11.1 Å². The predicted octanol–water partition coefficient (Wildman–Crippen LogP) is 3.62. The fraction of sp³-hybridized carbons (Fsp3) is 0.0833. The van der Waals surface area contributed by atoms with Crippen molar-refractivity contribution in [2.75, 3.05) is 0 Å². The van der Waals surface area contributed by atoms with Gasteiger partial charge in [0, 0.05) is 6.20 Å². The van der Waals surface area contributed by atoms with Crippen molar-refractivity contribution in [3.8, 4) is 11.1 Å². The molecule has 1 nitrogen and oxygen atoms in total. The van der Waals surface area contributed by atoms with Crippen molar-refractivity contribution in [2.45, 2.75) is 6.92 Å². The fourth-order valence-corrected chi connectivity index (χ4v) is 1.71. The lowest BCUT2D eigenvalue weighted by Crippen LogP contribution is -1.81. The Morgan fingerprint density at radius 1 is 1.21 bits per heavy atom. The van der Waals surface area contributed by atoms with Gasteiger partial charge in [-0.1, -0.05) is 12.1 Å². The van der Waals surface area contributed by atoms with Crippen LogP contribution in [0.4, 0.5) is 0 Å². The van der Waals surface area contributed by atoms with Crippen LogP contribution < -0.4 is 0 Å². The van der Waals surface area contributed by atoms with Crippen LogP contribution in [0.3, 0.4) is 0 Å². The molecule has 0 N–H and O–H groups in total. The number of halogens is 1. The van der Waals surface area contributed by atoms with Gasteiger partial charge in [0.05, 0.1) is 0 Å². The van der Waals surface area contributed by atoms with E-state index in [1.165, 1.54) is 11.1 Å². The smallest absolute Gasteiger partial charge is 0.106 e. The molecule has 0 fully saturated rings. The minimum Gasteiger partial charge on any atom is -0.249 e. The van der Waals surface area contributed by atoms with Crippen molar-refractivity contribution in [3.63, 3.8) is 0 Å². The summed E-state index contributed by atoms with van der Waals surface area (Å²) in [6, 6.07) is 13.2. The number of pyridine rings is 1. The molecule has 0 unspecified atom stereocenters. The number of aryl methyl sites for hydroxylation is 1. The summed E-state index contributed by atoms with van der Waals surface area (Å²) in [6.07, 6.45) is 1.79. The maximum Gasteiger partial charge on any atom is 0.106 e. The van der Waals surface area contributed by atoms with E-state index in [-0.39, 0.29) is 0 Å². The average molecular weight is 247 g/mol. The van der Waals surface area contributed by atoms with E-state index in [1.54, 1.807) is 6.20 Å². The molecule has 0 spiro atoms. The molecule has 0 saturated carbocycles. The van der Waals surface area contributed by atoms with Gasteiger partial charge in [-0.15, -0.1) is 0 Å². The molecule has 2 aromatic rings. The lowest BCUT2D eigenvalue weighted by Gasteiger charge is -2.02. The number of hydrogen-bond acceptors (Lipinski definition) is 1. The highest BCUT2D eigenvalue weighted by Gasteiger charge is 1.98. The molecule has 0 bridgehead atoms. The lowest BCUT2D eigenvalue weighted by atomic mass is 10.1. The zero-order valence-electron chi connectivity index (χ0n) is 7.79. The van der Waals surface area contributed by atoms with E-state index in [1.807, 2.05) is 24.3 Å². The van der Waals surface area contributed by atoms with Crippen LogP contribution in [0, 0.1) is 13.0 Å². The van der Waals surface area contributed by atoms with Gasteiger partial charge in [0.25, 0.3) is 0 Å². The molecule has 2 heteroatoms. The molecular weight excluding hydrogens is 238 g/mol. The molecule has 0 aliphatic heterocycles. The molecule has 1 radical (unpaired) electrons. The van der Waals surface area contributed by atoms with Gasteiger partial charge >= 0.3 is 0 Å². The first-order valence-corrected chi connectivity index (χ1v) is 5.15. The Morgan fingerprint density at radius 3 is 2.79 bits per heavy atom. The van der Waals surface area contributed by atoms with Crippen molar-refractivity contribution >= 4 is 15.9 Å². The van der Waals surface area contributed by atoms with E-state index in [9.17, 15) is 0 Å². The molecule has 1 heterocycles. The van der Waals surface area contributed by atoms with Crippen LogP contribution in [0.1, 0.15) is 5.56 Å². The van der Waals surface area contributed by atoms with E-state index in [0.29, 0.717) is 0 Å². The third kappa shape index (κ3) is 2.02. The molecule has 0 amide bonds. The SMILES string of the molecule is Cc1c[c]cc(-c2ccnc(Br)c2)c1. The molecule has 0 aliphatic rings. The first-order valence-electron chi connectivity index (χ1n) is 4.35. The predicted molar refractivity (Wildman–Crippen MR) is 60.9 cm³/mol. The summed E-state index contributed by atoms with van der Waals surface area (Å²) in [5, 5.41) is 0. The van der Waals surface area contributed by atoms with Crippen molar-refractivity contribution < 1.29 is 0 Å². The third-order valence-electron chi connectivity index (χ3n) is 1.99. The molecular formula is C12H9BrN. The number of hydrogen-bond donors (Lipinski definition) is 0. The second-order valence-corrected chi connectivity index (χ2v) is 3.98. The molecule has 2 rings (SSSR count). The first-order chi connectivity index (χ1) is 6.75. The van der Waals surface area contributed by atoms with E-state index < -0.39 is 0 Å². The number of nitrogens with zero attached hydrogens (tertiary/aromatic N) is 1. The molecule has 14 heavy (non-hydrogen) atoms. The summed E-state index contributed by atoms with van der Waals surface area (Å²) in [5.41, 5.74) is 3.55. The highest BCUT2D eigenvalue weighted by atomic mass is 79.9. The zero-order valence-corrected chi connectivity index (χ0v) is 9.38. The van der Waals surface area contributed by atoms with Crippen LogP contribution >= 0.6 is 15.9 Å². The van der Waals surface area contributed by atoms with E-state index >= 15 is 0 Å². The summed E-state index contributed by atoms with van der Waals surface area (Å²) in [7, 11) is 0. The van der Waals surface area contributed by atoms with E-state index in [4.69, 9.17) is 0 Å². The summed E-state index contributed by atoms with van der Waals surface area (Å²) in [6.45, 7) is 2.07. The first kappa shape index (κ1) is 9.41. The van der Waals surface area contributed by atoms with Crippen molar-refractivity contribution in [2.24, 2.45) is 0 Å². The Balaban J connectivity index is 2.49. The zero-order chi connectivity index (χ0) is 9.97. The minimum atomic E-state index is 0.858. The van der Waals surface area contributed by atoms with Crippen LogP contribution in [0.15, 0.2) is 41.1 Å². The second kappa shape index (κ2) is 3.93. The lowest BCUT2D eigenvalue weighted by molar-refractivity contribution is 1.28. The normalized spacial score (nSPS) is 10.1. The molecule has 1 aromatic heterocycles.